The van der Waals surface area contributed by atoms with E-state index >= 15 is 0 Å². The van der Waals surface area contributed by atoms with E-state index < -0.39 is 5.54 Å². The average molecular weight is 228 g/mol. The van der Waals surface area contributed by atoms with Gasteiger partial charge in [0, 0.05) is 19.7 Å². The molecule has 2 fully saturated rings. The second-order valence-electron chi connectivity index (χ2n) is 4.93. The summed E-state index contributed by atoms with van der Waals surface area (Å²) in [6, 6.07) is 0. The number of hydrogen-bond acceptors (Lipinski definition) is 4. The Hall–Kier alpha value is -0.650. The highest BCUT2D eigenvalue weighted by Gasteiger charge is 2.42. The van der Waals surface area contributed by atoms with Crippen molar-refractivity contribution in [2.75, 3.05) is 26.3 Å². The molecule has 0 saturated carbocycles. The van der Waals surface area contributed by atoms with Crippen LogP contribution in [0.1, 0.15) is 20.3 Å². The lowest BCUT2D eigenvalue weighted by molar-refractivity contribution is -0.148. The lowest BCUT2D eigenvalue weighted by Crippen LogP contribution is -2.60. The Kier molecular flexibility index (Phi) is 3.19. The van der Waals surface area contributed by atoms with Crippen LogP contribution in [0.2, 0.25) is 0 Å². The monoisotopic (exact) mass is 228 g/mol. The Balaban J connectivity index is 2.03. The molecule has 2 aliphatic heterocycles. The van der Waals surface area contributed by atoms with Crippen LogP contribution in [-0.2, 0) is 14.3 Å². The van der Waals surface area contributed by atoms with E-state index in [1.807, 2.05) is 18.7 Å². The second-order valence-corrected chi connectivity index (χ2v) is 4.93. The van der Waals surface area contributed by atoms with Crippen molar-refractivity contribution in [1.29, 1.82) is 0 Å². The largest absolute Gasteiger partial charge is 0.379 e. The van der Waals surface area contributed by atoms with Crippen LogP contribution in [0.25, 0.3) is 0 Å². The standard InChI is InChI=1S/C11H20N2O3/c1-8-5-13(6-9(2)16-8)10(14)11(12)3-4-15-7-11/h8-9H,3-7,12H2,1-2H3/t8-,9+,11?. The third-order valence-corrected chi connectivity index (χ3v) is 3.18. The van der Waals surface area contributed by atoms with Gasteiger partial charge in [0.2, 0.25) is 5.91 Å². The highest BCUT2D eigenvalue weighted by atomic mass is 16.5. The summed E-state index contributed by atoms with van der Waals surface area (Å²) in [5.74, 6) is 0.00648. The first-order valence-corrected chi connectivity index (χ1v) is 5.83. The summed E-state index contributed by atoms with van der Waals surface area (Å²) in [5.41, 5.74) is 5.26. The van der Waals surface area contributed by atoms with Crippen LogP contribution in [0, 0.1) is 0 Å². The van der Waals surface area contributed by atoms with Crippen molar-refractivity contribution in [3.05, 3.63) is 0 Å². The fraction of sp³-hybridized carbons (Fsp3) is 0.909. The van der Waals surface area contributed by atoms with Crippen LogP contribution in [0.3, 0.4) is 0 Å². The third-order valence-electron chi connectivity index (χ3n) is 3.18. The number of amides is 1. The number of nitrogens with zero attached hydrogens (tertiary/aromatic N) is 1. The highest BCUT2D eigenvalue weighted by molar-refractivity contribution is 5.86. The van der Waals surface area contributed by atoms with Crippen molar-refractivity contribution in [2.24, 2.45) is 5.73 Å². The predicted molar refractivity (Wildman–Crippen MR) is 58.9 cm³/mol. The van der Waals surface area contributed by atoms with Gasteiger partial charge in [-0.05, 0) is 20.3 Å². The van der Waals surface area contributed by atoms with Crippen LogP contribution < -0.4 is 5.73 Å². The van der Waals surface area contributed by atoms with Gasteiger partial charge in [-0.2, -0.15) is 0 Å². The summed E-state index contributed by atoms with van der Waals surface area (Å²) < 4.78 is 10.8. The molecule has 5 heteroatoms. The lowest BCUT2D eigenvalue weighted by Gasteiger charge is -2.38. The number of hydrogen-bond donors (Lipinski definition) is 1. The maximum Gasteiger partial charge on any atom is 0.245 e. The molecule has 0 aromatic carbocycles. The van der Waals surface area contributed by atoms with Crippen molar-refractivity contribution >= 4 is 5.91 Å². The minimum absolute atomic E-state index is 0.00648. The number of ether oxygens (including phenoxy) is 2. The molecule has 3 atom stereocenters. The smallest absolute Gasteiger partial charge is 0.245 e. The fourth-order valence-corrected chi connectivity index (χ4v) is 2.41. The predicted octanol–water partition coefficient (Wildman–Crippen LogP) is -0.260. The molecule has 0 aromatic heterocycles. The minimum atomic E-state index is -0.809. The molecule has 2 heterocycles. The number of carbonyl (C=O) groups is 1. The summed E-state index contributed by atoms with van der Waals surface area (Å²) in [7, 11) is 0. The molecule has 0 aromatic rings. The molecule has 2 N–H and O–H groups in total. The molecule has 0 aliphatic carbocycles. The first-order valence-electron chi connectivity index (χ1n) is 5.83. The number of carbonyl (C=O) groups excluding carboxylic acids is 1. The van der Waals surface area contributed by atoms with Crippen molar-refractivity contribution in [3.8, 4) is 0 Å². The Labute approximate surface area is 95.9 Å². The molecule has 16 heavy (non-hydrogen) atoms. The maximum absolute atomic E-state index is 12.3. The van der Waals surface area contributed by atoms with E-state index in [0.29, 0.717) is 32.7 Å². The molecule has 0 bridgehead atoms. The molecule has 0 spiro atoms. The highest BCUT2D eigenvalue weighted by Crippen LogP contribution is 2.21. The Bertz CT molecular complexity index is 266. The first kappa shape index (κ1) is 11.8. The van der Waals surface area contributed by atoms with Crippen LogP contribution in [-0.4, -0.2) is 54.9 Å². The zero-order chi connectivity index (χ0) is 11.8. The van der Waals surface area contributed by atoms with Gasteiger partial charge in [0.15, 0.2) is 0 Å². The molecule has 0 radical (unpaired) electrons. The molecule has 92 valence electrons. The summed E-state index contributed by atoms with van der Waals surface area (Å²) >= 11 is 0. The van der Waals surface area contributed by atoms with E-state index in [4.69, 9.17) is 15.2 Å². The Morgan fingerprint density at radius 3 is 2.50 bits per heavy atom. The SMILES string of the molecule is C[C@@H]1CN(C(=O)C2(N)CCOC2)C[C@H](C)O1. The lowest BCUT2D eigenvalue weighted by atomic mass is 9.97. The van der Waals surface area contributed by atoms with Gasteiger partial charge in [0.05, 0.1) is 18.8 Å². The van der Waals surface area contributed by atoms with Gasteiger partial charge < -0.3 is 20.1 Å². The maximum atomic E-state index is 12.3. The van der Waals surface area contributed by atoms with E-state index in [9.17, 15) is 4.79 Å². The molecule has 2 saturated heterocycles. The molecule has 1 amide bonds. The summed E-state index contributed by atoms with van der Waals surface area (Å²) in [4.78, 5) is 14.1. The van der Waals surface area contributed by atoms with Crippen LogP contribution in [0.5, 0.6) is 0 Å². The van der Waals surface area contributed by atoms with Gasteiger partial charge >= 0.3 is 0 Å². The van der Waals surface area contributed by atoms with E-state index in [1.165, 1.54) is 0 Å². The van der Waals surface area contributed by atoms with Crippen molar-refractivity contribution in [1.82, 2.24) is 4.90 Å². The van der Waals surface area contributed by atoms with Gasteiger partial charge in [0.25, 0.3) is 0 Å². The summed E-state index contributed by atoms with van der Waals surface area (Å²) in [6.07, 6.45) is 0.781. The van der Waals surface area contributed by atoms with Gasteiger partial charge in [-0.25, -0.2) is 0 Å². The average Bonchev–Trinajstić information content (AvgIpc) is 2.64. The van der Waals surface area contributed by atoms with E-state index in [-0.39, 0.29) is 18.1 Å². The molecule has 2 aliphatic rings. The number of rotatable bonds is 1. The molecule has 1 unspecified atom stereocenters. The van der Waals surface area contributed by atoms with Crippen LogP contribution in [0.4, 0.5) is 0 Å². The topological polar surface area (TPSA) is 64.8 Å². The molecular weight excluding hydrogens is 208 g/mol. The Morgan fingerprint density at radius 2 is 2.00 bits per heavy atom. The molecular formula is C11H20N2O3. The van der Waals surface area contributed by atoms with Crippen LogP contribution in [0.15, 0.2) is 0 Å². The minimum Gasteiger partial charge on any atom is -0.379 e. The zero-order valence-corrected chi connectivity index (χ0v) is 9.94. The fourth-order valence-electron chi connectivity index (χ4n) is 2.41. The summed E-state index contributed by atoms with van der Waals surface area (Å²) in [6.45, 7) is 6.13. The molecule has 2 rings (SSSR count). The van der Waals surface area contributed by atoms with Crippen molar-refractivity contribution < 1.29 is 14.3 Å². The van der Waals surface area contributed by atoms with Crippen molar-refractivity contribution in [3.63, 3.8) is 0 Å². The first-order chi connectivity index (χ1) is 7.51. The number of nitrogens with two attached hydrogens (primary N) is 1. The Morgan fingerprint density at radius 1 is 1.38 bits per heavy atom. The summed E-state index contributed by atoms with van der Waals surface area (Å²) in [5, 5.41) is 0. The normalized spacial score (nSPS) is 40.1. The van der Waals surface area contributed by atoms with E-state index in [0.717, 1.165) is 0 Å². The second kappa shape index (κ2) is 4.31. The van der Waals surface area contributed by atoms with Crippen molar-refractivity contribution in [2.45, 2.75) is 38.0 Å². The van der Waals surface area contributed by atoms with Crippen LogP contribution >= 0.6 is 0 Å². The quantitative estimate of drug-likeness (QED) is 0.671. The van der Waals surface area contributed by atoms with Gasteiger partial charge in [-0.1, -0.05) is 0 Å². The van der Waals surface area contributed by atoms with Gasteiger partial charge in [0.1, 0.15) is 5.54 Å². The molecule has 5 nitrogen and oxygen atoms in total. The third kappa shape index (κ3) is 2.21. The van der Waals surface area contributed by atoms with E-state index in [1.54, 1.807) is 0 Å². The van der Waals surface area contributed by atoms with Gasteiger partial charge in [-0.3, -0.25) is 4.79 Å². The van der Waals surface area contributed by atoms with Gasteiger partial charge in [-0.15, -0.1) is 0 Å². The number of morpholine rings is 1. The zero-order valence-electron chi connectivity index (χ0n) is 9.94. The van der Waals surface area contributed by atoms with E-state index in [2.05, 4.69) is 0 Å².